The van der Waals surface area contributed by atoms with Crippen molar-refractivity contribution in [3.05, 3.63) is 23.8 Å². The van der Waals surface area contributed by atoms with Gasteiger partial charge in [0.25, 0.3) is 0 Å². The summed E-state index contributed by atoms with van der Waals surface area (Å²) in [6.07, 6.45) is 2.66. The second-order valence-corrected chi connectivity index (χ2v) is 5.65. The number of nitrogens with one attached hydrogen (secondary N) is 1. The maximum Gasteiger partial charge on any atom is 0.165 e. The lowest BCUT2D eigenvalue weighted by Crippen LogP contribution is -2.45. The van der Waals surface area contributed by atoms with Gasteiger partial charge in [0, 0.05) is 37.8 Å². The molecule has 1 saturated carbocycles. The summed E-state index contributed by atoms with van der Waals surface area (Å²) >= 11 is 0. The van der Waals surface area contributed by atoms with Gasteiger partial charge in [0.1, 0.15) is 0 Å². The molecule has 22 heavy (non-hydrogen) atoms. The van der Waals surface area contributed by atoms with Gasteiger partial charge in [0.15, 0.2) is 11.5 Å². The molecular formula is C16H26Cl2N2O2. The molecule has 1 heterocycles. The van der Waals surface area contributed by atoms with E-state index in [1.54, 1.807) is 14.2 Å². The number of ether oxygens (including phenoxy) is 2. The van der Waals surface area contributed by atoms with Crippen LogP contribution in [0.4, 0.5) is 0 Å². The van der Waals surface area contributed by atoms with Crippen LogP contribution in [-0.4, -0.2) is 45.3 Å². The molecule has 0 unspecified atom stereocenters. The predicted octanol–water partition coefficient (Wildman–Crippen LogP) is 2.90. The molecule has 1 aliphatic carbocycles. The van der Waals surface area contributed by atoms with Gasteiger partial charge < -0.3 is 14.8 Å². The van der Waals surface area contributed by atoms with Gasteiger partial charge in [-0.15, -0.1) is 24.8 Å². The minimum Gasteiger partial charge on any atom is -0.493 e. The van der Waals surface area contributed by atoms with E-state index >= 15 is 0 Å². The van der Waals surface area contributed by atoms with E-state index in [2.05, 4.69) is 22.3 Å². The first-order valence-corrected chi connectivity index (χ1v) is 7.51. The number of methoxy groups -OCH3 is 2. The van der Waals surface area contributed by atoms with E-state index in [0.717, 1.165) is 43.6 Å². The molecule has 4 nitrogen and oxygen atoms in total. The van der Waals surface area contributed by atoms with E-state index in [1.807, 2.05) is 6.07 Å². The summed E-state index contributed by atoms with van der Waals surface area (Å²) in [4.78, 5) is 2.60. The highest BCUT2D eigenvalue weighted by atomic mass is 35.5. The number of nitrogens with zero attached hydrogens (tertiary/aromatic N) is 1. The average Bonchev–Trinajstić information content (AvgIpc) is 3.33. The average molecular weight is 349 g/mol. The van der Waals surface area contributed by atoms with Crippen molar-refractivity contribution >= 4 is 24.8 Å². The van der Waals surface area contributed by atoms with Gasteiger partial charge in [-0.05, 0) is 24.8 Å². The Morgan fingerprint density at radius 3 is 2.32 bits per heavy atom. The number of benzene rings is 1. The molecule has 2 aliphatic rings. The zero-order valence-corrected chi connectivity index (χ0v) is 14.8. The van der Waals surface area contributed by atoms with Crippen LogP contribution in [0.15, 0.2) is 18.2 Å². The van der Waals surface area contributed by atoms with Crippen molar-refractivity contribution in [3.8, 4) is 11.5 Å². The lowest BCUT2D eigenvalue weighted by Gasteiger charge is -2.36. The summed E-state index contributed by atoms with van der Waals surface area (Å²) in [6, 6.07) is 6.73. The van der Waals surface area contributed by atoms with Gasteiger partial charge in [-0.1, -0.05) is 12.1 Å². The maximum absolute atomic E-state index is 5.65. The summed E-state index contributed by atoms with van der Waals surface area (Å²) in [7, 11) is 3.45. The third-order valence-corrected chi connectivity index (χ3v) is 4.37. The minimum atomic E-state index is 0. The Kier molecular flexibility index (Phi) is 7.77. The van der Waals surface area contributed by atoms with Crippen molar-refractivity contribution in [1.29, 1.82) is 0 Å². The molecular weight excluding hydrogens is 323 g/mol. The first kappa shape index (κ1) is 19.4. The fraction of sp³-hybridized carbons (Fsp3) is 0.625. The van der Waals surface area contributed by atoms with E-state index in [0.29, 0.717) is 6.04 Å². The van der Waals surface area contributed by atoms with Crippen molar-refractivity contribution in [2.75, 3.05) is 40.4 Å². The van der Waals surface area contributed by atoms with E-state index < -0.39 is 0 Å². The predicted molar refractivity (Wildman–Crippen MR) is 93.9 cm³/mol. The number of hydrogen-bond donors (Lipinski definition) is 1. The molecule has 1 N–H and O–H groups in total. The van der Waals surface area contributed by atoms with Crippen LogP contribution in [0, 0.1) is 5.92 Å². The van der Waals surface area contributed by atoms with Crippen LogP contribution in [0.3, 0.4) is 0 Å². The highest BCUT2D eigenvalue weighted by Crippen LogP contribution is 2.48. The molecule has 0 spiro atoms. The number of halogens is 2. The molecule has 1 aromatic carbocycles. The van der Waals surface area contributed by atoms with Gasteiger partial charge in [-0.2, -0.15) is 0 Å². The topological polar surface area (TPSA) is 33.7 Å². The Hall–Kier alpha value is -0.680. The fourth-order valence-electron chi connectivity index (χ4n) is 3.27. The van der Waals surface area contributed by atoms with E-state index in [1.165, 1.54) is 18.4 Å². The lowest BCUT2D eigenvalue weighted by molar-refractivity contribution is 0.153. The maximum atomic E-state index is 5.65. The Morgan fingerprint density at radius 1 is 1.09 bits per heavy atom. The molecule has 0 radical (unpaired) electrons. The van der Waals surface area contributed by atoms with Crippen molar-refractivity contribution in [1.82, 2.24) is 10.2 Å². The Labute approximate surface area is 145 Å². The van der Waals surface area contributed by atoms with Gasteiger partial charge >= 0.3 is 0 Å². The molecule has 2 fully saturated rings. The van der Waals surface area contributed by atoms with Gasteiger partial charge in [0.05, 0.1) is 14.2 Å². The molecule has 0 amide bonds. The first-order valence-electron chi connectivity index (χ1n) is 7.51. The third-order valence-electron chi connectivity index (χ3n) is 4.37. The molecule has 0 aromatic heterocycles. The largest absolute Gasteiger partial charge is 0.493 e. The lowest BCUT2D eigenvalue weighted by atomic mass is 9.98. The van der Waals surface area contributed by atoms with Crippen LogP contribution in [0.2, 0.25) is 0 Å². The van der Waals surface area contributed by atoms with E-state index in [9.17, 15) is 0 Å². The van der Waals surface area contributed by atoms with E-state index in [-0.39, 0.29) is 24.8 Å². The molecule has 1 atom stereocenters. The van der Waals surface area contributed by atoms with Crippen LogP contribution in [0.1, 0.15) is 24.4 Å². The standard InChI is InChI=1S/C16H24N2O2.2ClH/c1-19-14-5-3-4-13(16(14)20-2)15(12-6-7-12)18-10-8-17-9-11-18;;/h3-5,12,15,17H,6-11H2,1-2H3;2*1H/t15-;;/m0../s1. The Bertz CT molecular complexity index is 463. The Balaban J connectivity index is 0.00000121. The quantitative estimate of drug-likeness (QED) is 0.886. The number of para-hydroxylation sites is 1. The van der Waals surface area contributed by atoms with Gasteiger partial charge in [-0.25, -0.2) is 0 Å². The summed E-state index contributed by atoms with van der Waals surface area (Å²) in [5, 5.41) is 3.43. The highest BCUT2D eigenvalue weighted by molar-refractivity contribution is 5.85. The summed E-state index contributed by atoms with van der Waals surface area (Å²) in [6.45, 7) is 4.38. The molecule has 126 valence electrons. The summed E-state index contributed by atoms with van der Waals surface area (Å²) in [5.41, 5.74) is 1.29. The van der Waals surface area contributed by atoms with Crippen molar-refractivity contribution in [2.24, 2.45) is 5.92 Å². The number of rotatable bonds is 5. The monoisotopic (exact) mass is 348 g/mol. The highest BCUT2D eigenvalue weighted by Gasteiger charge is 2.38. The molecule has 3 rings (SSSR count). The van der Waals surface area contributed by atoms with Crippen LogP contribution >= 0.6 is 24.8 Å². The molecule has 1 aromatic rings. The molecule has 1 saturated heterocycles. The van der Waals surface area contributed by atoms with E-state index in [4.69, 9.17) is 9.47 Å². The second kappa shape index (κ2) is 8.82. The first-order chi connectivity index (χ1) is 9.85. The molecule has 1 aliphatic heterocycles. The SMILES string of the molecule is COc1cccc([C@H](C2CC2)N2CCNCC2)c1OC.Cl.Cl. The van der Waals surface area contributed by atoms with Gasteiger partial charge in [0.2, 0.25) is 0 Å². The van der Waals surface area contributed by atoms with Crippen LogP contribution in [0.5, 0.6) is 11.5 Å². The zero-order chi connectivity index (χ0) is 13.9. The van der Waals surface area contributed by atoms with Gasteiger partial charge in [-0.3, -0.25) is 4.90 Å². The smallest absolute Gasteiger partial charge is 0.165 e. The van der Waals surface area contributed by atoms with Crippen molar-refractivity contribution in [2.45, 2.75) is 18.9 Å². The summed E-state index contributed by atoms with van der Waals surface area (Å²) in [5.74, 6) is 2.52. The second-order valence-electron chi connectivity index (χ2n) is 5.65. The zero-order valence-electron chi connectivity index (χ0n) is 13.2. The third kappa shape index (κ3) is 3.99. The number of piperazine rings is 1. The molecule has 0 bridgehead atoms. The normalized spacial score (nSPS) is 19.5. The molecule has 6 heteroatoms. The van der Waals surface area contributed by atoms with Crippen molar-refractivity contribution in [3.63, 3.8) is 0 Å². The van der Waals surface area contributed by atoms with Crippen molar-refractivity contribution < 1.29 is 9.47 Å². The summed E-state index contributed by atoms with van der Waals surface area (Å²) < 4.78 is 11.1. The van der Waals surface area contributed by atoms with Crippen LogP contribution < -0.4 is 14.8 Å². The van der Waals surface area contributed by atoms with Crippen LogP contribution in [-0.2, 0) is 0 Å². The fourth-order valence-corrected chi connectivity index (χ4v) is 3.27. The minimum absolute atomic E-state index is 0. The van der Waals surface area contributed by atoms with Crippen LogP contribution in [0.25, 0.3) is 0 Å². The number of hydrogen-bond acceptors (Lipinski definition) is 4. The Morgan fingerprint density at radius 2 is 1.77 bits per heavy atom.